The van der Waals surface area contributed by atoms with E-state index in [1.807, 2.05) is 0 Å². The summed E-state index contributed by atoms with van der Waals surface area (Å²) >= 11 is 0. The van der Waals surface area contributed by atoms with Crippen LogP contribution in [0.3, 0.4) is 0 Å². The zero-order chi connectivity index (χ0) is 9.23. The first-order valence-corrected chi connectivity index (χ1v) is 4.07. The van der Waals surface area contributed by atoms with E-state index < -0.39 is 0 Å². The third-order valence-electron chi connectivity index (χ3n) is 1.85. The molecule has 0 spiro atoms. The van der Waals surface area contributed by atoms with E-state index in [0.717, 1.165) is 0 Å². The molecule has 0 aromatic carbocycles. The minimum atomic E-state index is 0.262. The second-order valence-electron chi connectivity index (χ2n) is 4.49. The van der Waals surface area contributed by atoms with Gasteiger partial charge in [-0.15, -0.1) is 0 Å². The lowest BCUT2D eigenvalue weighted by atomic mass is 9.74. The molecule has 0 aromatic rings. The number of hydrogen-bond acceptors (Lipinski definition) is 0. The highest BCUT2D eigenvalue weighted by Crippen LogP contribution is 2.35. The lowest BCUT2D eigenvalue weighted by molar-refractivity contribution is 0.318. The molecule has 0 fully saturated rings. The van der Waals surface area contributed by atoms with Crippen molar-refractivity contribution in [1.82, 2.24) is 0 Å². The standard InChI is InChI=1S/C11H20/c1-8(2)10(9(3)4)11(5,6)7/h10H,1,3H2,2,4-7H3. The van der Waals surface area contributed by atoms with E-state index >= 15 is 0 Å². The second-order valence-corrected chi connectivity index (χ2v) is 4.49. The summed E-state index contributed by atoms with van der Waals surface area (Å²) in [4.78, 5) is 0. The Hall–Kier alpha value is -0.520. The monoisotopic (exact) mass is 152 g/mol. The van der Waals surface area contributed by atoms with Crippen molar-refractivity contribution in [3.05, 3.63) is 24.3 Å². The Morgan fingerprint density at radius 1 is 1.00 bits per heavy atom. The quantitative estimate of drug-likeness (QED) is 0.528. The van der Waals surface area contributed by atoms with Gasteiger partial charge in [-0.3, -0.25) is 0 Å². The van der Waals surface area contributed by atoms with Crippen LogP contribution in [0.4, 0.5) is 0 Å². The van der Waals surface area contributed by atoms with Gasteiger partial charge in [0, 0.05) is 5.92 Å². The maximum Gasteiger partial charge on any atom is 0.00446 e. The summed E-state index contributed by atoms with van der Waals surface area (Å²) in [6.07, 6.45) is 0. The Morgan fingerprint density at radius 3 is 1.27 bits per heavy atom. The molecule has 0 heteroatoms. The molecular formula is C11H20. The normalized spacial score (nSPS) is 11.8. The third-order valence-corrected chi connectivity index (χ3v) is 1.85. The van der Waals surface area contributed by atoms with Crippen LogP contribution < -0.4 is 0 Å². The SMILES string of the molecule is C=C(C)C(C(=C)C)C(C)(C)C. The number of hydrogen-bond donors (Lipinski definition) is 0. The van der Waals surface area contributed by atoms with Crippen LogP contribution in [0.1, 0.15) is 34.6 Å². The van der Waals surface area contributed by atoms with Gasteiger partial charge in [0.05, 0.1) is 0 Å². The molecular weight excluding hydrogens is 132 g/mol. The smallest absolute Gasteiger partial charge is 0.00446 e. The summed E-state index contributed by atoms with van der Waals surface area (Å²) in [7, 11) is 0. The van der Waals surface area contributed by atoms with Gasteiger partial charge in [-0.1, -0.05) is 45.1 Å². The average molecular weight is 152 g/mol. The minimum absolute atomic E-state index is 0.262. The summed E-state index contributed by atoms with van der Waals surface area (Å²) in [6.45, 7) is 18.8. The summed E-state index contributed by atoms with van der Waals surface area (Å²) in [5.41, 5.74) is 2.69. The average Bonchev–Trinajstić information content (AvgIpc) is 1.54. The summed E-state index contributed by atoms with van der Waals surface area (Å²) in [5.74, 6) is 0.447. The highest BCUT2D eigenvalue weighted by Gasteiger charge is 2.25. The van der Waals surface area contributed by atoms with Gasteiger partial charge in [-0.25, -0.2) is 0 Å². The molecule has 11 heavy (non-hydrogen) atoms. The van der Waals surface area contributed by atoms with Gasteiger partial charge in [0.1, 0.15) is 0 Å². The largest absolute Gasteiger partial charge is 0.0995 e. The molecule has 0 N–H and O–H groups in total. The van der Waals surface area contributed by atoms with E-state index in [1.165, 1.54) is 11.1 Å². The minimum Gasteiger partial charge on any atom is -0.0995 e. The first kappa shape index (κ1) is 10.5. The Morgan fingerprint density at radius 2 is 1.27 bits per heavy atom. The highest BCUT2D eigenvalue weighted by molar-refractivity contribution is 5.16. The van der Waals surface area contributed by atoms with Crippen LogP contribution in [-0.4, -0.2) is 0 Å². The summed E-state index contributed by atoms with van der Waals surface area (Å²) < 4.78 is 0. The Labute approximate surface area is 71.0 Å². The Kier molecular flexibility index (Phi) is 3.10. The molecule has 0 nitrogen and oxygen atoms in total. The van der Waals surface area contributed by atoms with Crippen molar-refractivity contribution in [1.29, 1.82) is 0 Å². The van der Waals surface area contributed by atoms with Gasteiger partial charge < -0.3 is 0 Å². The fourth-order valence-electron chi connectivity index (χ4n) is 1.90. The molecule has 0 heterocycles. The van der Waals surface area contributed by atoms with Gasteiger partial charge >= 0.3 is 0 Å². The molecule has 0 aliphatic rings. The molecule has 0 bridgehead atoms. The van der Waals surface area contributed by atoms with Crippen molar-refractivity contribution in [3.63, 3.8) is 0 Å². The van der Waals surface area contributed by atoms with Gasteiger partial charge in [-0.2, -0.15) is 0 Å². The fraction of sp³-hybridized carbons (Fsp3) is 0.636. The maximum atomic E-state index is 3.98. The van der Waals surface area contributed by atoms with Crippen LogP contribution in [0, 0.1) is 11.3 Å². The molecule has 0 radical (unpaired) electrons. The zero-order valence-corrected chi connectivity index (χ0v) is 8.49. The van der Waals surface area contributed by atoms with Crippen LogP contribution in [0.25, 0.3) is 0 Å². The van der Waals surface area contributed by atoms with Crippen LogP contribution in [-0.2, 0) is 0 Å². The van der Waals surface area contributed by atoms with Crippen molar-refractivity contribution >= 4 is 0 Å². The molecule has 0 aliphatic carbocycles. The predicted molar refractivity (Wildman–Crippen MR) is 52.6 cm³/mol. The lowest BCUT2D eigenvalue weighted by Gasteiger charge is -2.31. The molecule has 0 unspecified atom stereocenters. The molecule has 64 valence electrons. The van der Waals surface area contributed by atoms with Crippen molar-refractivity contribution in [3.8, 4) is 0 Å². The second kappa shape index (κ2) is 3.25. The van der Waals surface area contributed by atoms with Crippen molar-refractivity contribution in [2.24, 2.45) is 11.3 Å². The molecule has 0 aliphatic heterocycles. The zero-order valence-electron chi connectivity index (χ0n) is 8.49. The van der Waals surface area contributed by atoms with Crippen LogP contribution in [0.15, 0.2) is 24.3 Å². The number of allylic oxidation sites excluding steroid dienone is 2. The van der Waals surface area contributed by atoms with Crippen molar-refractivity contribution < 1.29 is 0 Å². The fourth-order valence-corrected chi connectivity index (χ4v) is 1.90. The Bertz CT molecular complexity index is 153. The van der Waals surface area contributed by atoms with E-state index in [4.69, 9.17) is 0 Å². The third kappa shape index (κ3) is 2.92. The van der Waals surface area contributed by atoms with Crippen LogP contribution in [0.2, 0.25) is 0 Å². The molecule has 0 saturated carbocycles. The Balaban J connectivity index is 4.63. The van der Waals surface area contributed by atoms with Gasteiger partial charge in [0.2, 0.25) is 0 Å². The topological polar surface area (TPSA) is 0 Å². The molecule has 0 amide bonds. The number of rotatable bonds is 2. The van der Waals surface area contributed by atoms with Crippen molar-refractivity contribution in [2.45, 2.75) is 34.6 Å². The summed E-state index contributed by atoms with van der Waals surface area (Å²) in [6, 6.07) is 0. The van der Waals surface area contributed by atoms with E-state index in [0.29, 0.717) is 5.92 Å². The maximum absolute atomic E-state index is 3.98. The van der Waals surface area contributed by atoms with Crippen LogP contribution in [0.5, 0.6) is 0 Å². The van der Waals surface area contributed by atoms with E-state index in [1.54, 1.807) is 0 Å². The molecule has 0 aromatic heterocycles. The first-order valence-electron chi connectivity index (χ1n) is 4.07. The lowest BCUT2D eigenvalue weighted by Crippen LogP contribution is -2.21. The molecule has 0 atom stereocenters. The van der Waals surface area contributed by atoms with Gasteiger partial charge in [0.15, 0.2) is 0 Å². The first-order chi connectivity index (χ1) is 4.76. The van der Waals surface area contributed by atoms with Gasteiger partial charge in [0.25, 0.3) is 0 Å². The molecule has 0 saturated heterocycles. The van der Waals surface area contributed by atoms with E-state index in [2.05, 4.69) is 47.8 Å². The highest BCUT2D eigenvalue weighted by atomic mass is 14.3. The van der Waals surface area contributed by atoms with E-state index in [-0.39, 0.29) is 5.41 Å². The molecule has 0 rings (SSSR count). The van der Waals surface area contributed by atoms with Crippen molar-refractivity contribution in [2.75, 3.05) is 0 Å². The van der Waals surface area contributed by atoms with Gasteiger partial charge in [-0.05, 0) is 19.3 Å². The van der Waals surface area contributed by atoms with Crippen LogP contribution >= 0.6 is 0 Å². The summed E-state index contributed by atoms with van der Waals surface area (Å²) in [5, 5.41) is 0. The predicted octanol–water partition coefficient (Wildman–Crippen LogP) is 3.80. The van der Waals surface area contributed by atoms with E-state index in [9.17, 15) is 0 Å².